The molecule has 0 radical (unpaired) electrons. The zero-order valence-electron chi connectivity index (χ0n) is 12.3. The monoisotopic (exact) mass is 279 g/mol. The molecule has 1 amide bonds. The molecule has 0 aromatic heterocycles. The minimum Gasteiger partial charge on any atom is -0.496 e. The summed E-state index contributed by atoms with van der Waals surface area (Å²) in [7, 11) is 1.53. The molecule has 2 N–H and O–H groups in total. The fourth-order valence-electron chi connectivity index (χ4n) is 1.87. The Morgan fingerprint density at radius 1 is 1.40 bits per heavy atom. The van der Waals surface area contributed by atoms with Gasteiger partial charge in [-0.2, -0.15) is 0 Å². The van der Waals surface area contributed by atoms with Gasteiger partial charge in [0, 0.05) is 5.56 Å². The van der Waals surface area contributed by atoms with Crippen molar-refractivity contribution in [2.24, 2.45) is 5.92 Å². The molecule has 0 saturated carbocycles. The lowest BCUT2D eigenvalue weighted by atomic mass is 9.99. The largest absolute Gasteiger partial charge is 0.496 e. The summed E-state index contributed by atoms with van der Waals surface area (Å²) in [4.78, 5) is 23.3. The van der Waals surface area contributed by atoms with Gasteiger partial charge in [-0.3, -0.25) is 4.79 Å². The molecule has 5 nitrogen and oxygen atoms in total. The molecular formula is C15H21NO4. The van der Waals surface area contributed by atoms with E-state index in [1.54, 1.807) is 25.1 Å². The molecule has 0 aliphatic heterocycles. The summed E-state index contributed by atoms with van der Waals surface area (Å²) in [6.45, 7) is 5.57. The van der Waals surface area contributed by atoms with E-state index in [-0.39, 0.29) is 5.92 Å². The Morgan fingerprint density at radius 3 is 2.55 bits per heavy atom. The lowest BCUT2D eigenvalue weighted by Gasteiger charge is -2.20. The second-order valence-electron chi connectivity index (χ2n) is 4.86. The molecule has 0 spiro atoms. The van der Waals surface area contributed by atoms with Crippen LogP contribution in [0.15, 0.2) is 18.2 Å². The zero-order valence-corrected chi connectivity index (χ0v) is 12.3. The number of benzene rings is 1. The van der Waals surface area contributed by atoms with Crippen molar-refractivity contribution >= 4 is 11.9 Å². The van der Waals surface area contributed by atoms with E-state index in [4.69, 9.17) is 4.74 Å². The SMILES string of the molecule is CCC(C)C(NC(=O)c1ccc(C)c(OC)c1)C(=O)O. The third-order valence-corrected chi connectivity index (χ3v) is 3.44. The summed E-state index contributed by atoms with van der Waals surface area (Å²) >= 11 is 0. The quantitative estimate of drug-likeness (QED) is 0.837. The Morgan fingerprint density at radius 2 is 2.05 bits per heavy atom. The van der Waals surface area contributed by atoms with Gasteiger partial charge >= 0.3 is 5.97 Å². The van der Waals surface area contributed by atoms with Gasteiger partial charge in [-0.05, 0) is 30.5 Å². The van der Waals surface area contributed by atoms with Crippen LogP contribution in [-0.2, 0) is 4.79 Å². The molecule has 110 valence electrons. The second kappa shape index (κ2) is 6.93. The number of carboxylic acid groups (broad SMARTS) is 1. The van der Waals surface area contributed by atoms with Gasteiger partial charge in [-0.1, -0.05) is 26.3 Å². The number of aryl methyl sites for hydroxylation is 1. The van der Waals surface area contributed by atoms with Crippen LogP contribution in [0.5, 0.6) is 5.75 Å². The molecule has 0 heterocycles. The summed E-state index contributed by atoms with van der Waals surface area (Å²) in [6.07, 6.45) is 0.675. The lowest BCUT2D eigenvalue weighted by molar-refractivity contribution is -0.140. The van der Waals surface area contributed by atoms with Crippen molar-refractivity contribution in [3.05, 3.63) is 29.3 Å². The average molecular weight is 279 g/mol. The first kappa shape index (κ1) is 16.0. The average Bonchev–Trinajstić information content (AvgIpc) is 2.43. The Balaban J connectivity index is 2.92. The summed E-state index contributed by atoms with van der Waals surface area (Å²) < 4.78 is 5.16. The topological polar surface area (TPSA) is 75.6 Å². The zero-order chi connectivity index (χ0) is 15.3. The highest BCUT2D eigenvalue weighted by Crippen LogP contribution is 2.19. The van der Waals surface area contributed by atoms with Crippen molar-refractivity contribution in [1.82, 2.24) is 5.32 Å². The predicted octanol–water partition coefficient (Wildman–Crippen LogP) is 2.23. The maximum atomic E-state index is 12.1. The van der Waals surface area contributed by atoms with Crippen molar-refractivity contribution in [1.29, 1.82) is 0 Å². The molecule has 0 saturated heterocycles. The summed E-state index contributed by atoms with van der Waals surface area (Å²) in [5.41, 5.74) is 1.31. The maximum Gasteiger partial charge on any atom is 0.326 e. The van der Waals surface area contributed by atoms with Gasteiger partial charge in [0.2, 0.25) is 0 Å². The number of nitrogens with one attached hydrogen (secondary N) is 1. The van der Waals surface area contributed by atoms with Crippen LogP contribution in [0, 0.1) is 12.8 Å². The number of carbonyl (C=O) groups is 2. The number of amides is 1. The molecule has 5 heteroatoms. The normalized spacial score (nSPS) is 13.4. The number of aliphatic carboxylic acids is 1. The number of hydrogen-bond acceptors (Lipinski definition) is 3. The van der Waals surface area contributed by atoms with Crippen LogP contribution in [0.3, 0.4) is 0 Å². The standard InChI is InChI=1S/C15H21NO4/c1-5-9(2)13(15(18)19)16-14(17)11-7-6-10(3)12(8-11)20-4/h6-9,13H,5H2,1-4H3,(H,16,17)(H,18,19). The van der Waals surface area contributed by atoms with Crippen LogP contribution in [0.25, 0.3) is 0 Å². The van der Waals surface area contributed by atoms with Gasteiger partial charge < -0.3 is 15.2 Å². The Labute approximate surface area is 118 Å². The van der Waals surface area contributed by atoms with Crippen molar-refractivity contribution in [2.75, 3.05) is 7.11 Å². The maximum absolute atomic E-state index is 12.1. The van der Waals surface area contributed by atoms with Gasteiger partial charge in [-0.25, -0.2) is 4.79 Å². The molecule has 1 rings (SSSR count). The molecule has 20 heavy (non-hydrogen) atoms. The van der Waals surface area contributed by atoms with E-state index >= 15 is 0 Å². The lowest BCUT2D eigenvalue weighted by Crippen LogP contribution is -2.45. The van der Waals surface area contributed by atoms with E-state index < -0.39 is 17.9 Å². The summed E-state index contributed by atoms with van der Waals surface area (Å²) in [5, 5.41) is 11.7. The summed E-state index contributed by atoms with van der Waals surface area (Å²) in [6, 6.07) is 4.15. The number of ether oxygens (including phenoxy) is 1. The van der Waals surface area contributed by atoms with Crippen LogP contribution in [0.1, 0.15) is 36.2 Å². The molecule has 0 aliphatic carbocycles. The first-order valence-electron chi connectivity index (χ1n) is 6.59. The number of carboxylic acids is 1. The molecular weight excluding hydrogens is 258 g/mol. The number of rotatable bonds is 6. The van der Waals surface area contributed by atoms with Gasteiger partial charge in [0.1, 0.15) is 11.8 Å². The Bertz CT molecular complexity index is 499. The van der Waals surface area contributed by atoms with Gasteiger partial charge in [0.25, 0.3) is 5.91 Å². The first-order chi connectivity index (χ1) is 9.40. The molecule has 0 fully saturated rings. The van der Waals surface area contributed by atoms with E-state index in [2.05, 4.69) is 5.32 Å². The molecule has 2 unspecified atom stereocenters. The fourth-order valence-corrected chi connectivity index (χ4v) is 1.87. The Kier molecular flexibility index (Phi) is 5.55. The van der Waals surface area contributed by atoms with Gasteiger partial charge in [0.15, 0.2) is 0 Å². The highest BCUT2D eigenvalue weighted by molar-refractivity contribution is 5.97. The van der Waals surface area contributed by atoms with Crippen molar-refractivity contribution < 1.29 is 19.4 Å². The second-order valence-corrected chi connectivity index (χ2v) is 4.86. The van der Waals surface area contributed by atoms with Crippen LogP contribution < -0.4 is 10.1 Å². The minimum atomic E-state index is -1.02. The van der Waals surface area contributed by atoms with Crippen molar-refractivity contribution in [2.45, 2.75) is 33.2 Å². The first-order valence-corrected chi connectivity index (χ1v) is 6.59. The van der Waals surface area contributed by atoms with Crippen LogP contribution in [0.4, 0.5) is 0 Å². The van der Waals surface area contributed by atoms with Crippen molar-refractivity contribution in [3.8, 4) is 5.75 Å². The summed E-state index contributed by atoms with van der Waals surface area (Å²) in [5.74, 6) is -0.959. The minimum absolute atomic E-state index is 0.135. The highest BCUT2D eigenvalue weighted by Gasteiger charge is 2.25. The number of methoxy groups -OCH3 is 1. The van der Waals surface area contributed by atoms with Gasteiger partial charge in [-0.15, -0.1) is 0 Å². The third kappa shape index (κ3) is 3.73. The van der Waals surface area contributed by atoms with Crippen molar-refractivity contribution in [3.63, 3.8) is 0 Å². The van der Waals surface area contributed by atoms with Crippen LogP contribution >= 0.6 is 0 Å². The molecule has 0 bridgehead atoms. The van der Waals surface area contributed by atoms with Crippen LogP contribution in [-0.4, -0.2) is 30.1 Å². The van der Waals surface area contributed by atoms with E-state index in [9.17, 15) is 14.7 Å². The Hall–Kier alpha value is -2.04. The highest BCUT2D eigenvalue weighted by atomic mass is 16.5. The van der Waals surface area contributed by atoms with E-state index in [1.807, 2.05) is 13.8 Å². The molecule has 1 aromatic carbocycles. The van der Waals surface area contributed by atoms with E-state index in [0.717, 1.165) is 5.56 Å². The fraction of sp³-hybridized carbons (Fsp3) is 0.467. The molecule has 2 atom stereocenters. The number of hydrogen-bond donors (Lipinski definition) is 2. The molecule has 0 aliphatic rings. The number of carbonyl (C=O) groups excluding carboxylic acids is 1. The third-order valence-electron chi connectivity index (χ3n) is 3.44. The predicted molar refractivity (Wildman–Crippen MR) is 76.1 cm³/mol. The van der Waals surface area contributed by atoms with Crippen LogP contribution in [0.2, 0.25) is 0 Å². The van der Waals surface area contributed by atoms with Gasteiger partial charge in [0.05, 0.1) is 7.11 Å². The van der Waals surface area contributed by atoms with E-state index in [1.165, 1.54) is 7.11 Å². The molecule has 1 aromatic rings. The van der Waals surface area contributed by atoms with E-state index in [0.29, 0.717) is 17.7 Å². The smallest absolute Gasteiger partial charge is 0.326 e.